The molecule has 0 radical (unpaired) electrons. The Morgan fingerprint density at radius 2 is 0.941 bits per heavy atom. The van der Waals surface area contributed by atoms with Gasteiger partial charge in [0.05, 0.1) is 32.0 Å². The molecule has 0 aromatic heterocycles. The first-order valence-corrected chi connectivity index (χ1v) is 27.2. The Morgan fingerprint density at radius 1 is 0.515 bits per heavy atom. The van der Waals surface area contributed by atoms with Crippen molar-refractivity contribution in [1.29, 1.82) is 0 Å². The third kappa shape index (κ3) is 27.1. The summed E-state index contributed by atoms with van der Waals surface area (Å²) in [5.41, 5.74) is 0. The molecule has 2 aliphatic heterocycles. The maximum atomic E-state index is 13.2. The third-order valence-electron chi connectivity index (χ3n) is 13.3. The van der Waals surface area contributed by atoms with E-state index in [2.05, 4.69) is 43.5 Å². The molecule has 14 heteroatoms. The van der Waals surface area contributed by atoms with Gasteiger partial charge in [0.15, 0.2) is 12.6 Å². The van der Waals surface area contributed by atoms with Crippen molar-refractivity contribution in [2.45, 2.75) is 280 Å². The van der Waals surface area contributed by atoms with Crippen LogP contribution in [0.25, 0.3) is 0 Å². The molecule has 12 unspecified atom stereocenters. The summed E-state index contributed by atoms with van der Waals surface area (Å²) in [5.74, 6) is -0.253. The summed E-state index contributed by atoms with van der Waals surface area (Å²) in [4.78, 5) is 13.2. The van der Waals surface area contributed by atoms with Gasteiger partial charge < -0.3 is 65.1 Å². The van der Waals surface area contributed by atoms with Crippen molar-refractivity contribution in [2.24, 2.45) is 0 Å². The number of carbonyl (C=O) groups is 1. The third-order valence-corrected chi connectivity index (χ3v) is 13.3. The molecule has 2 heterocycles. The van der Waals surface area contributed by atoms with Gasteiger partial charge in [-0.2, -0.15) is 0 Å². The van der Waals surface area contributed by atoms with Gasteiger partial charge in [-0.05, 0) is 44.9 Å². The smallest absolute Gasteiger partial charge is 0.220 e. The summed E-state index contributed by atoms with van der Waals surface area (Å²) in [6.07, 6.45) is 30.4. The molecular formula is C54H99NO13. The second-order valence-electron chi connectivity index (χ2n) is 19.3. The van der Waals surface area contributed by atoms with E-state index in [9.17, 15) is 45.6 Å². The minimum Gasteiger partial charge on any atom is -0.394 e. The Kier molecular flexibility index (Phi) is 37.4. The minimum atomic E-state index is -1.79. The van der Waals surface area contributed by atoms with E-state index in [1.807, 2.05) is 6.08 Å². The number of carbonyl (C=O) groups excluding carboxylic acids is 1. The molecule has 9 N–H and O–H groups in total. The fourth-order valence-electron chi connectivity index (χ4n) is 8.85. The fourth-order valence-corrected chi connectivity index (χ4v) is 8.85. The fraction of sp³-hybridized carbons (Fsp3) is 0.870. The molecule has 2 fully saturated rings. The van der Waals surface area contributed by atoms with Crippen molar-refractivity contribution >= 4 is 5.91 Å². The predicted molar refractivity (Wildman–Crippen MR) is 268 cm³/mol. The first kappa shape index (κ1) is 62.3. The lowest BCUT2D eigenvalue weighted by atomic mass is 9.97. The number of rotatable bonds is 42. The number of nitrogens with one attached hydrogen (secondary N) is 1. The molecule has 0 aliphatic carbocycles. The number of amides is 1. The number of allylic oxidation sites excluding steroid dienone is 5. The van der Waals surface area contributed by atoms with E-state index in [0.29, 0.717) is 12.8 Å². The zero-order valence-corrected chi connectivity index (χ0v) is 42.3. The Bertz CT molecular complexity index is 1280. The van der Waals surface area contributed by atoms with Gasteiger partial charge >= 0.3 is 0 Å². The molecule has 0 spiro atoms. The van der Waals surface area contributed by atoms with Gasteiger partial charge in [0, 0.05) is 6.42 Å². The second kappa shape index (κ2) is 40.8. The van der Waals surface area contributed by atoms with E-state index in [-0.39, 0.29) is 18.9 Å². The molecule has 2 saturated heterocycles. The van der Waals surface area contributed by atoms with E-state index >= 15 is 0 Å². The van der Waals surface area contributed by atoms with Crippen LogP contribution in [0.4, 0.5) is 0 Å². The zero-order chi connectivity index (χ0) is 49.6. The number of aliphatic hydroxyl groups is 8. The standard InChI is InChI=1S/C54H99NO13/c1-3-5-7-9-11-13-15-17-19-20-21-22-23-24-25-27-29-31-33-35-37-43(58)42(55-46(59)38-36-34-32-30-28-26-18-16-14-12-10-8-6-4-2)41-65-53-51(64)49(62)52(45(40-57)67-53)68-54-50(63)48(61)47(60)44(39-56)66-54/h22-23,27,29,35,37,42-45,47-54,56-58,60-64H,3-21,24-26,28,30-34,36,38-41H2,1-2H3,(H,55,59)/b23-22+,29-27+,37-35+. The Balaban J connectivity index is 1.84. The quantitative estimate of drug-likeness (QED) is 0.0210. The average molecular weight is 970 g/mol. The predicted octanol–water partition coefficient (Wildman–Crippen LogP) is 7.88. The van der Waals surface area contributed by atoms with Crippen molar-refractivity contribution in [3.63, 3.8) is 0 Å². The Morgan fingerprint density at radius 3 is 1.44 bits per heavy atom. The maximum absolute atomic E-state index is 13.2. The molecule has 68 heavy (non-hydrogen) atoms. The SMILES string of the molecule is CCCCCCCCCCCC/C=C/CC/C=C/CC/C=C/C(O)C(COC1OC(CO)C(OC2OC(CO)C(O)C(O)C2O)C(O)C1O)NC(=O)CCCCCCCCCCCCCCCC. The number of ether oxygens (including phenoxy) is 4. The summed E-state index contributed by atoms with van der Waals surface area (Å²) < 4.78 is 22.7. The maximum Gasteiger partial charge on any atom is 0.220 e. The molecule has 0 aromatic rings. The number of aliphatic hydroxyl groups excluding tert-OH is 8. The summed E-state index contributed by atoms with van der Waals surface area (Å²) in [7, 11) is 0. The van der Waals surface area contributed by atoms with Crippen LogP contribution < -0.4 is 5.32 Å². The first-order chi connectivity index (χ1) is 33.1. The zero-order valence-electron chi connectivity index (χ0n) is 42.3. The number of hydrogen-bond acceptors (Lipinski definition) is 13. The van der Waals surface area contributed by atoms with E-state index in [4.69, 9.17) is 18.9 Å². The van der Waals surface area contributed by atoms with Crippen molar-refractivity contribution in [1.82, 2.24) is 5.32 Å². The van der Waals surface area contributed by atoms with Crippen LogP contribution in [-0.4, -0.2) is 140 Å². The number of unbranched alkanes of at least 4 members (excludes halogenated alkanes) is 25. The van der Waals surface area contributed by atoms with E-state index in [0.717, 1.165) is 44.9 Å². The topological polar surface area (TPSA) is 228 Å². The Hall–Kier alpha value is -1.79. The largest absolute Gasteiger partial charge is 0.394 e. The van der Waals surface area contributed by atoms with Crippen LogP contribution in [0.3, 0.4) is 0 Å². The van der Waals surface area contributed by atoms with Gasteiger partial charge in [0.25, 0.3) is 0 Å². The van der Waals surface area contributed by atoms with Gasteiger partial charge in [-0.3, -0.25) is 4.79 Å². The average Bonchev–Trinajstić information content (AvgIpc) is 3.34. The highest BCUT2D eigenvalue weighted by Gasteiger charge is 2.51. The molecule has 12 atom stereocenters. The number of hydrogen-bond donors (Lipinski definition) is 9. The highest BCUT2D eigenvalue weighted by Crippen LogP contribution is 2.30. The van der Waals surface area contributed by atoms with E-state index < -0.39 is 86.8 Å². The molecule has 2 rings (SSSR count). The first-order valence-electron chi connectivity index (χ1n) is 27.2. The summed E-state index contributed by atoms with van der Waals surface area (Å²) >= 11 is 0. The normalized spacial score (nSPS) is 26.6. The van der Waals surface area contributed by atoms with Crippen molar-refractivity contribution in [3.05, 3.63) is 36.5 Å². The van der Waals surface area contributed by atoms with Gasteiger partial charge in [0.1, 0.15) is 48.8 Å². The molecule has 0 bridgehead atoms. The van der Waals surface area contributed by atoms with Crippen molar-refractivity contribution in [2.75, 3.05) is 19.8 Å². The second-order valence-corrected chi connectivity index (χ2v) is 19.3. The molecule has 2 aliphatic rings. The lowest BCUT2D eigenvalue weighted by Crippen LogP contribution is -2.65. The van der Waals surface area contributed by atoms with E-state index in [1.54, 1.807) is 6.08 Å². The minimum absolute atomic E-state index is 0.253. The highest BCUT2D eigenvalue weighted by atomic mass is 16.7. The van der Waals surface area contributed by atoms with Crippen LogP contribution in [0.5, 0.6) is 0 Å². The Labute approximate surface area is 411 Å². The molecule has 1 amide bonds. The summed E-state index contributed by atoms with van der Waals surface area (Å²) in [6.45, 7) is 2.77. The van der Waals surface area contributed by atoms with Gasteiger partial charge in [-0.15, -0.1) is 0 Å². The lowest BCUT2D eigenvalue weighted by Gasteiger charge is -2.46. The summed E-state index contributed by atoms with van der Waals surface area (Å²) in [6, 6.07) is -0.934. The highest BCUT2D eigenvalue weighted by molar-refractivity contribution is 5.76. The van der Waals surface area contributed by atoms with E-state index in [1.165, 1.54) is 128 Å². The lowest BCUT2D eigenvalue weighted by molar-refractivity contribution is -0.359. The van der Waals surface area contributed by atoms with Crippen LogP contribution >= 0.6 is 0 Å². The molecule has 0 saturated carbocycles. The van der Waals surface area contributed by atoms with Crippen molar-refractivity contribution in [3.8, 4) is 0 Å². The van der Waals surface area contributed by atoms with Crippen molar-refractivity contribution < 1.29 is 64.6 Å². The van der Waals surface area contributed by atoms with Crippen LogP contribution in [-0.2, 0) is 23.7 Å². The van der Waals surface area contributed by atoms with Gasteiger partial charge in [-0.25, -0.2) is 0 Å². The summed E-state index contributed by atoms with van der Waals surface area (Å²) in [5, 5.41) is 86.8. The van der Waals surface area contributed by atoms with Crippen LogP contribution in [0, 0.1) is 0 Å². The molecular weight excluding hydrogens is 871 g/mol. The molecule has 398 valence electrons. The van der Waals surface area contributed by atoms with Crippen LogP contribution in [0.15, 0.2) is 36.5 Å². The van der Waals surface area contributed by atoms with Gasteiger partial charge in [0.2, 0.25) is 5.91 Å². The van der Waals surface area contributed by atoms with Gasteiger partial charge in [-0.1, -0.05) is 192 Å². The molecule has 14 nitrogen and oxygen atoms in total. The molecule has 0 aromatic carbocycles. The van der Waals surface area contributed by atoms with Crippen LogP contribution in [0.1, 0.15) is 206 Å². The monoisotopic (exact) mass is 970 g/mol. The van der Waals surface area contributed by atoms with Crippen LogP contribution in [0.2, 0.25) is 0 Å².